The molecule has 2 aromatic carbocycles. The van der Waals surface area contributed by atoms with Crippen LogP contribution in [-0.2, 0) is 9.59 Å². The first-order valence-electron chi connectivity index (χ1n) is 11.7. The van der Waals surface area contributed by atoms with Gasteiger partial charge in [-0.2, -0.15) is 10.2 Å². The lowest BCUT2D eigenvalue weighted by Crippen LogP contribution is -2.18. The Balaban J connectivity index is 1.56. The fourth-order valence-corrected chi connectivity index (χ4v) is 3.15. The van der Waals surface area contributed by atoms with Crippen LogP contribution in [0.3, 0.4) is 0 Å². The average molecular weight is 449 g/mol. The van der Waals surface area contributed by atoms with Crippen LogP contribution in [0.2, 0.25) is 0 Å². The van der Waals surface area contributed by atoms with Gasteiger partial charge in [-0.3, -0.25) is 9.59 Å². The van der Waals surface area contributed by atoms with Crippen LogP contribution in [0.15, 0.2) is 58.7 Å². The van der Waals surface area contributed by atoms with Crippen LogP contribution in [-0.4, -0.2) is 24.2 Å². The largest absolute Gasteiger partial charge is 0.273 e. The van der Waals surface area contributed by atoms with Gasteiger partial charge in [0.25, 0.3) is 0 Å². The summed E-state index contributed by atoms with van der Waals surface area (Å²) in [6.07, 6.45) is 6.27. The third-order valence-corrected chi connectivity index (χ3v) is 5.32. The summed E-state index contributed by atoms with van der Waals surface area (Å²) < 4.78 is 0. The highest BCUT2D eigenvalue weighted by Crippen LogP contribution is 2.14. The molecule has 0 saturated heterocycles. The molecule has 0 fully saturated rings. The average Bonchev–Trinajstić information content (AvgIpc) is 2.79. The van der Waals surface area contributed by atoms with E-state index in [0.717, 1.165) is 17.5 Å². The predicted molar refractivity (Wildman–Crippen MR) is 136 cm³/mol. The Morgan fingerprint density at radius 2 is 1.03 bits per heavy atom. The third-order valence-electron chi connectivity index (χ3n) is 5.32. The molecule has 0 heterocycles. The Morgan fingerprint density at radius 3 is 1.36 bits per heavy atom. The second-order valence-electron chi connectivity index (χ2n) is 8.79. The van der Waals surface area contributed by atoms with E-state index in [1.807, 2.05) is 24.3 Å². The van der Waals surface area contributed by atoms with Gasteiger partial charge in [0.05, 0.1) is 12.4 Å². The molecule has 6 nitrogen and oxygen atoms in total. The standard InChI is InChI=1S/C27H36N4O2/c1-20(2)24-14-10-22(11-15-24)18-28-30-26(32)8-6-5-7-9-27(33)31-29-19-23-12-16-25(17-13-23)21(3)4/h10-21H,5-9H2,1-4H3,(H,30,32)(H,31,33). The number of benzene rings is 2. The van der Waals surface area contributed by atoms with E-state index in [9.17, 15) is 9.59 Å². The molecule has 176 valence electrons. The van der Waals surface area contributed by atoms with Crippen molar-refractivity contribution in [2.45, 2.75) is 71.6 Å². The fraction of sp³-hybridized carbons (Fsp3) is 0.407. The summed E-state index contributed by atoms with van der Waals surface area (Å²) in [5, 5.41) is 8.02. The van der Waals surface area contributed by atoms with Gasteiger partial charge in [-0.25, -0.2) is 10.9 Å². The Morgan fingerprint density at radius 1 is 0.667 bits per heavy atom. The van der Waals surface area contributed by atoms with Gasteiger partial charge in [0.1, 0.15) is 0 Å². The Hall–Kier alpha value is -3.28. The molecule has 0 aromatic heterocycles. The molecule has 33 heavy (non-hydrogen) atoms. The monoisotopic (exact) mass is 448 g/mol. The molecular formula is C27H36N4O2. The highest BCUT2D eigenvalue weighted by molar-refractivity contribution is 5.83. The number of unbranched alkanes of at least 4 members (excludes halogenated alkanes) is 2. The molecule has 2 rings (SSSR count). The summed E-state index contributed by atoms with van der Waals surface area (Å²) in [7, 11) is 0. The second-order valence-corrected chi connectivity index (χ2v) is 8.79. The molecule has 0 unspecified atom stereocenters. The van der Waals surface area contributed by atoms with Crippen LogP contribution in [0, 0.1) is 0 Å². The number of nitrogens with zero attached hydrogens (tertiary/aromatic N) is 2. The SMILES string of the molecule is CC(C)c1ccc(C=NNC(=O)CCCCCC(=O)NN=Cc2ccc(C(C)C)cc2)cc1. The highest BCUT2D eigenvalue weighted by atomic mass is 16.2. The number of hydrazone groups is 2. The molecule has 0 bridgehead atoms. The molecule has 0 spiro atoms. The van der Waals surface area contributed by atoms with Crippen molar-refractivity contribution >= 4 is 24.2 Å². The smallest absolute Gasteiger partial charge is 0.240 e. The van der Waals surface area contributed by atoms with Gasteiger partial charge in [-0.1, -0.05) is 82.6 Å². The van der Waals surface area contributed by atoms with E-state index in [1.54, 1.807) is 12.4 Å². The van der Waals surface area contributed by atoms with Crippen LogP contribution < -0.4 is 10.9 Å². The first-order chi connectivity index (χ1) is 15.8. The summed E-state index contributed by atoms with van der Waals surface area (Å²) in [5.41, 5.74) is 9.54. The first-order valence-corrected chi connectivity index (χ1v) is 11.7. The molecular weight excluding hydrogens is 412 g/mol. The van der Waals surface area contributed by atoms with E-state index in [4.69, 9.17) is 0 Å². The van der Waals surface area contributed by atoms with Crippen molar-refractivity contribution in [2.75, 3.05) is 0 Å². The topological polar surface area (TPSA) is 82.9 Å². The van der Waals surface area contributed by atoms with Gasteiger partial charge >= 0.3 is 0 Å². The van der Waals surface area contributed by atoms with Crippen LogP contribution in [0.5, 0.6) is 0 Å². The molecule has 0 aliphatic rings. The van der Waals surface area contributed by atoms with Gasteiger partial charge in [0, 0.05) is 12.8 Å². The van der Waals surface area contributed by atoms with Gasteiger partial charge < -0.3 is 0 Å². The van der Waals surface area contributed by atoms with Crippen LogP contribution in [0.1, 0.15) is 93.9 Å². The zero-order valence-electron chi connectivity index (χ0n) is 20.2. The Labute approximate surface area is 197 Å². The molecule has 0 radical (unpaired) electrons. The highest BCUT2D eigenvalue weighted by Gasteiger charge is 2.03. The van der Waals surface area contributed by atoms with Crippen molar-refractivity contribution in [1.82, 2.24) is 10.9 Å². The molecule has 2 N–H and O–H groups in total. The van der Waals surface area contributed by atoms with Crippen molar-refractivity contribution in [3.63, 3.8) is 0 Å². The zero-order chi connectivity index (χ0) is 24.1. The number of hydrogen-bond acceptors (Lipinski definition) is 4. The van der Waals surface area contributed by atoms with Gasteiger partial charge in [0.2, 0.25) is 11.8 Å². The summed E-state index contributed by atoms with van der Waals surface area (Å²) in [4.78, 5) is 23.8. The maximum atomic E-state index is 11.9. The summed E-state index contributed by atoms with van der Waals surface area (Å²) in [6.45, 7) is 8.60. The van der Waals surface area contributed by atoms with Gasteiger partial charge in [0.15, 0.2) is 0 Å². The van der Waals surface area contributed by atoms with Crippen LogP contribution in [0.25, 0.3) is 0 Å². The van der Waals surface area contributed by atoms with E-state index >= 15 is 0 Å². The van der Waals surface area contributed by atoms with Crippen LogP contribution >= 0.6 is 0 Å². The summed E-state index contributed by atoms with van der Waals surface area (Å²) in [6, 6.07) is 16.2. The number of hydrogen-bond donors (Lipinski definition) is 2. The number of amides is 2. The van der Waals surface area contributed by atoms with E-state index in [-0.39, 0.29) is 11.8 Å². The van der Waals surface area contributed by atoms with Crippen molar-refractivity contribution in [3.05, 3.63) is 70.8 Å². The molecule has 0 atom stereocenters. The maximum Gasteiger partial charge on any atom is 0.240 e. The number of nitrogens with one attached hydrogen (secondary N) is 2. The van der Waals surface area contributed by atoms with Crippen molar-refractivity contribution in [3.8, 4) is 0 Å². The first kappa shape index (κ1) is 26.0. The summed E-state index contributed by atoms with van der Waals surface area (Å²) in [5.74, 6) is 0.731. The van der Waals surface area contributed by atoms with Crippen molar-refractivity contribution in [2.24, 2.45) is 10.2 Å². The van der Waals surface area contributed by atoms with E-state index < -0.39 is 0 Å². The molecule has 0 aliphatic heterocycles. The van der Waals surface area contributed by atoms with Gasteiger partial charge in [-0.05, 0) is 46.9 Å². The fourth-order valence-electron chi connectivity index (χ4n) is 3.15. The lowest BCUT2D eigenvalue weighted by molar-refractivity contribution is -0.121. The van der Waals surface area contributed by atoms with Crippen molar-refractivity contribution in [1.29, 1.82) is 0 Å². The second kappa shape index (κ2) is 14.0. The van der Waals surface area contributed by atoms with Crippen LogP contribution in [0.4, 0.5) is 0 Å². The lowest BCUT2D eigenvalue weighted by Gasteiger charge is -2.04. The molecule has 6 heteroatoms. The predicted octanol–water partition coefficient (Wildman–Crippen LogP) is 5.48. The quantitative estimate of drug-likeness (QED) is 0.256. The molecule has 2 amide bonds. The maximum absolute atomic E-state index is 11.9. The van der Waals surface area contributed by atoms with E-state index in [1.165, 1.54) is 11.1 Å². The summed E-state index contributed by atoms with van der Waals surface area (Å²) >= 11 is 0. The lowest BCUT2D eigenvalue weighted by atomic mass is 10.0. The number of carbonyl (C=O) groups excluding carboxylic acids is 2. The minimum atomic E-state index is -0.123. The molecule has 0 aliphatic carbocycles. The number of rotatable bonds is 12. The normalized spacial score (nSPS) is 11.6. The molecule has 0 saturated carbocycles. The number of carbonyl (C=O) groups is 2. The van der Waals surface area contributed by atoms with E-state index in [2.05, 4.69) is 73.0 Å². The minimum Gasteiger partial charge on any atom is -0.273 e. The Kier molecular flexibility index (Phi) is 11.0. The van der Waals surface area contributed by atoms with Gasteiger partial charge in [-0.15, -0.1) is 0 Å². The minimum absolute atomic E-state index is 0.123. The van der Waals surface area contributed by atoms with E-state index in [0.29, 0.717) is 37.5 Å². The van der Waals surface area contributed by atoms with Crippen molar-refractivity contribution < 1.29 is 9.59 Å². The third kappa shape index (κ3) is 10.3. The zero-order valence-corrected chi connectivity index (χ0v) is 20.2. The Bertz CT molecular complexity index is 852. The molecule has 2 aromatic rings.